The molecule has 0 saturated carbocycles. The largest absolute Gasteiger partial charge is 0.380 e. The number of nitrogens with zero attached hydrogens (tertiary/aromatic N) is 1. The lowest BCUT2D eigenvalue weighted by Gasteiger charge is -2.10. The second-order valence-electron chi connectivity index (χ2n) is 3.75. The molecular formula is C14H10Br2N2. The lowest BCUT2D eigenvalue weighted by atomic mass is 10.1. The van der Waals surface area contributed by atoms with E-state index in [1.165, 1.54) is 0 Å². The Hall–Kier alpha value is -1.31. The second-order valence-corrected chi connectivity index (χ2v) is 5.52. The highest BCUT2D eigenvalue weighted by molar-refractivity contribution is 9.10. The molecule has 0 aliphatic carbocycles. The first-order valence-electron chi connectivity index (χ1n) is 5.37. The summed E-state index contributed by atoms with van der Waals surface area (Å²) in [5, 5.41) is 12.3. The standard InChI is InChI=1S/C14H10Br2N2/c15-12-6-5-10(8-17)14(7-12)18-9-11-3-1-2-4-13(11)16/h1-7,18H,9H2. The van der Waals surface area contributed by atoms with E-state index in [-0.39, 0.29) is 0 Å². The Morgan fingerprint density at radius 2 is 1.89 bits per heavy atom. The van der Waals surface area contributed by atoms with Crippen molar-refractivity contribution >= 4 is 37.5 Å². The van der Waals surface area contributed by atoms with Crippen molar-refractivity contribution in [2.45, 2.75) is 6.54 Å². The van der Waals surface area contributed by atoms with Crippen LogP contribution in [0.3, 0.4) is 0 Å². The molecule has 0 fully saturated rings. The third-order valence-corrected chi connectivity index (χ3v) is 3.80. The Balaban J connectivity index is 2.18. The van der Waals surface area contributed by atoms with Crippen molar-refractivity contribution in [1.82, 2.24) is 0 Å². The van der Waals surface area contributed by atoms with E-state index < -0.39 is 0 Å². The molecular weight excluding hydrogens is 356 g/mol. The van der Waals surface area contributed by atoms with Gasteiger partial charge in [-0.25, -0.2) is 0 Å². The fourth-order valence-corrected chi connectivity index (χ4v) is 2.38. The van der Waals surface area contributed by atoms with Crippen LogP contribution in [0.4, 0.5) is 5.69 Å². The highest BCUT2D eigenvalue weighted by atomic mass is 79.9. The minimum atomic E-state index is 0.644. The number of rotatable bonds is 3. The SMILES string of the molecule is N#Cc1ccc(Br)cc1NCc1ccccc1Br. The van der Waals surface area contributed by atoms with E-state index >= 15 is 0 Å². The molecule has 4 heteroatoms. The first-order valence-corrected chi connectivity index (χ1v) is 6.96. The fraction of sp³-hybridized carbons (Fsp3) is 0.0714. The van der Waals surface area contributed by atoms with Crippen molar-refractivity contribution in [1.29, 1.82) is 5.26 Å². The summed E-state index contributed by atoms with van der Waals surface area (Å²) >= 11 is 6.91. The van der Waals surface area contributed by atoms with Crippen LogP contribution in [0.15, 0.2) is 51.4 Å². The molecule has 1 N–H and O–H groups in total. The van der Waals surface area contributed by atoms with Crippen LogP contribution >= 0.6 is 31.9 Å². The topological polar surface area (TPSA) is 35.8 Å². The summed E-state index contributed by atoms with van der Waals surface area (Å²) in [5.74, 6) is 0. The number of nitriles is 1. The third kappa shape index (κ3) is 3.12. The predicted octanol–water partition coefficient (Wildman–Crippen LogP) is 4.70. The first-order chi connectivity index (χ1) is 8.70. The maximum Gasteiger partial charge on any atom is 0.101 e. The van der Waals surface area contributed by atoms with E-state index in [0.717, 1.165) is 20.2 Å². The molecule has 0 aliphatic rings. The summed E-state index contributed by atoms with van der Waals surface area (Å²) < 4.78 is 2.02. The molecule has 0 bridgehead atoms. The zero-order valence-electron chi connectivity index (χ0n) is 9.45. The molecule has 0 unspecified atom stereocenters. The van der Waals surface area contributed by atoms with Crippen LogP contribution in [0.5, 0.6) is 0 Å². The molecule has 0 amide bonds. The minimum Gasteiger partial charge on any atom is -0.380 e. The van der Waals surface area contributed by atoms with Gasteiger partial charge in [-0.2, -0.15) is 5.26 Å². The van der Waals surface area contributed by atoms with Crippen molar-refractivity contribution in [3.05, 3.63) is 62.5 Å². The van der Waals surface area contributed by atoms with Crippen LogP contribution in [0, 0.1) is 11.3 Å². The van der Waals surface area contributed by atoms with E-state index in [9.17, 15) is 0 Å². The average molecular weight is 366 g/mol. The smallest absolute Gasteiger partial charge is 0.101 e. The molecule has 0 spiro atoms. The zero-order chi connectivity index (χ0) is 13.0. The van der Waals surface area contributed by atoms with Crippen molar-refractivity contribution in [3.8, 4) is 6.07 Å². The van der Waals surface area contributed by atoms with Gasteiger partial charge in [-0.1, -0.05) is 50.1 Å². The Labute approximate surface area is 123 Å². The van der Waals surface area contributed by atoms with Gasteiger partial charge in [0.2, 0.25) is 0 Å². The van der Waals surface area contributed by atoms with Gasteiger partial charge in [0.1, 0.15) is 6.07 Å². The summed E-state index contributed by atoms with van der Waals surface area (Å²) in [7, 11) is 0. The molecule has 0 saturated heterocycles. The Morgan fingerprint density at radius 3 is 2.61 bits per heavy atom. The maximum atomic E-state index is 9.05. The van der Waals surface area contributed by atoms with E-state index in [0.29, 0.717) is 12.1 Å². The summed E-state index contributed by atoms with van der Waals surface area (Å²) in [5.41, 5.74) is 2.63. The van der Waals surface area contributed by atoms with Crippen LogP contribution < -0.4 is 5.32 Å². The number of halogens is 2. The summed E-state index contributed by atoms with van der Waals surface area (Å²) in [6, 6.07) is 15.8. The molecule has 2 aromatic rings. The van der Waals surface area contributed by atoms with Crippen LogP contribution in [-0.4, -0.2) is 0 Å². The number of benzene rings is 2. The van der Waals surface area contributed by atoms with Crippen molar-refractivity contribution in [2.24, 2.45) is 0 Å². The van der Waals surface area contributed by atoms with Crippen molar-refractivity contribution in [2.75, 3.05) is 5.32 Å². The molecule has 2 nitrogen and oxygen atoms in total. The highest BCUT2D eigenvalue weighted by Gasteiger charge is 2.03. The second kappa shape index (κ2) is 6.03. The van der Waals surface area contributed by atoms with E-state index in [1.54, 1.807) is 6.07 Å². The van der Waals surface area contributed by atoms with E-state index in [1.807, 2.05) is 36.4 Å². The van der Waals surface area contributed by atoms with Gasteiger partial charge in [-0.05, 0) is 29.8 Å². The molecule has 18 heavy (non-hydrogen) atoms. The fourth-order valence-electron chi connectivity index (χ4n) is 1.59. The number of anilines is 1. The normalized spacial score (nSPS) is 9.83. The van der Waals surface area contributed by atoms with Crippen LogP contribution in [0.25, 0.3) is 0 Å². The van der Waals surface area contributed by atoms with Crippen LogP contribution in [0.2, 0.25) is 0 Å². The number of hydrogen-bond acceptors (Lipinski definition) is 2. The molecule has 90 valence electrons. The molecule has 0 aromatic heterocycles. The molecule has 2 rings (SSSR count). The van der Waals surface area contributed by atoms with Crippen molar-refractivity contribution in [3.63, 3.8) is 0 Å². The van der Waals surface area contributed by atoms with Gasteiger partial charge < -0.3 is 5.32 Å². The van der Waals surface area contributed by atoms with Gasteiger partial charge in [-0.15, -0.1) is 0 Å². The third-order valence-electron chi connectivity index (χ3n) is 2.53. The summed E-state index contributed by atoms with van der Waals surface area (Å²) in [4.78, 5) is 0. The van der Waals surface area contributed by atoms with E-state index in [2.05, 4.69) is 43.2 Å². The van der Waals surface area contributed by atoms with Gasteiger partial charge in [-0.3, -0.25) is 0 Å². The summed E-state index contributed by atoms with van der Waals surface area (Å²) in [6.45, 7) is 0.673. The molecule has 0 aliphatic heterocycles. The lowest BCUT2D eigenvalue weighted by Crippen LogP contribution is -2.01. The first kappa shape index (κ1) is 13.1. The maximum absolute atomic E-state index is 9.05. The van der Waals surface area contributed by atoms with Gasteiger partial charge in [0, 0.05) is 15.5 Å². The Morgan fingerprint density at radius 1 is 1.11 bits per heavy atom. The number of nitrogens with one attached hydrogen (secondary N) is 1. The zero-order valence-corrected chi connectivity index (χ0v) is 12.6. The molecule has 0 heterocycles. The quantitative estimate of drug-likeness (QED) is 0.855. The minimum absolute atomic E-state index is 0.644. The lowest BCUT2D eigenvalue weighted by molar-refractivity contribution is 1.13. The molecule has 0 atom stereocenters. The predicted molar refractivity (Wildman–Crippen MR) is 80.3 cm³/mol. The average Bonchev–Trinajstić information content (AvgIpc) is 2.38. The van der Waals surface area contributed by atoms with Crippen molar-refractivity contribution < 1.29 is 0 Å². The Kier molecular flexibility index (Phi) is 4.40. The van der Waals surface area contributed by atoms with Crippen LogP contribution in [0.1, 0.15) is 11.1 Å². The van der Waals surface area contributed by atoms with Gasteiger partial charge in [0.25, 0.3) is 0 Å². The van der Waals surface area contributed by atoms with E-state index in [4.69, 9.17) is 5.26 Å². The van der Waals surface area contributed by atoms with Gasteiger partial charge in [0.05, 0.1) is 11.3 Å². The van der Waals surface area contributed by atoms with Gasteiger partial charge >= 0.3 is 0 Å². The number of hydrogen-bond donors (Lipinski definition) is 1. The Bertz CT molecular complexity index is 603. The molecule has 0 radical (unpaired) electrons. The highest BCUT2D eigenvalue weighted by Crippen LogP contribution is 2.23. The van der Waals surface area contributed by atoms with Gasteiger partial charge in [0.15, 0.2) is 0 Å². The monoisotopic (exact) mass is 364 g/mol. The van der Waals surface area contributed by atoms with Crippen LogP contribution in [-0.2, 0) is 6.54 Å². The summed E-state index contributed by atoms with van der Waals surface area (Å²) in [6.07, 6.45) is 0. The molecule has 2 aromatic carbocycles.